The van der Waals surface area contributed by atoms with Crippen molar-refractivity contribution in [3.8, 4) is 0 Å². The molecule has 1 amide bonds. The Balaban J connectivity index is 1.87. The molecular weight excluding hydrogens is 383 g/mol. The van der Waals surface area contributed by atoms with Crippen molar-refractivity contribution >= 4 is 16.9 Å². The van der Waals surface area contributed by atoms with Crippen LogP contribution in [0.1, 0.15) is 47.1 Å². The third-order valence-corrected chi connectivity index (χ3v) is 5.87. The minimum Gasteiger partial charge on any atom is -0.450 e. The topological polar surface area (TPSA) is 53.8 Å². The van der Waals surface area contributed by atoms with Crippen LogP contribution in [0.25, 0.3) is 11.0 Å². The van der Waals surface area contributed by atoms with Gasteiger partial charge in [-0.15, -0.1) is 0 Å². The van der Waals surface area contributed by atoms with E-state index in [0.717, 1.165) is 24.2 Å². The molecule has 0 bridgehead atoms. The zero-order chi connectivity index (χ0) is 21.4. The molecule has 1 aromatic heterocycles. The molecule has 1 aliphatic rings. The number of carbonyl (C=O) groups is 1. The Morgan fingerprint density at radius 2 is 1.77 bits per heavy atom. The smallest absolute Gasteiger partial charge is 0.290 e. The van der Waals surface area contributed by atoms with Crippen LogP contribution in [0, 0.1) is 12.7 Å². The third kappa shape index (κ3) is 3.41. The average molecular weight is 408 g/mol. The highest BCUT2D eigenvalue weighted by atomic mass is 19.1. The van der Waals surface area contributed by atoms with Crippen molar-refractivity contribution < 1.29 is 13.6 Å². The van der Waals surface area contributed by atoms with Crippen LogP contribution in [-0.4, -0.2) is 41.9 Å². The highest BCUT2D eigenvalue weighted by Crippen LogP contribution is 2.38. The van der Waals surface area contributed by atoms with Crippen LogP contribution in [0.15, 0.2) is 51.7 Å². The molecule has 156 valence electrons. The summed E-state index contributed by atoms with van der Waals surface area (Å²) < 4.78 is 19.7. The number of halogens is 1. The number of likely N-dealkylation sites (N-methyl/N-ethyl adjacent to an activating group) is 1. The Labute approximate surface area is 174 Å². The van der Waals surface area contributed by atoms with Gasteiger partial charge in [-0.25, -0.2) is 4.39 Å². The molecule has 1 aliphatic heterocycles. The highest BCUT2D eigenvalue weighted by molar-refractivity contribution is 5.99. The largest absolute Gasteiger partial charge is 0.450 e. The maximum absolute atomic E-state index is 13.8. The number of rotatable bonds is 6. The first-order chi connectivity index (χ1) is 14.4. The summed E-state index contributed by atoms with van der Waals surface area (Å²) in [5.41, 5.74) is 2.10. The van der Waals surface area contributed by atoms with Gasteiger partial charge in [0.25, 0.3) is 5.91 Å². The summed E-state index contributed by atoms with van der Waals surface area (Å²) in [5.74, 6) is -0.750. The van der Waals surface area contributed by atoms with E-state index in [9.17, 15) is 14.0 Å². The van der Waals surface area contributed by atoms with E-state index in [1.54, 1.807) is 4.90 Å². The lowest BCUT2D eigenvalue weighted by atomic mass is 9.97. The fourth-order valence-corrected chi connectivity index (χ4v) is 4.11. The summed E-state index contributed by atoms with van der Waals surface area (Å²) in [6, 6.07) is 11.0. The molecule has 4 rings (SSSR count). The van der Waals surface area contributed by atoms with E-state index in [-0.39, 0.29) is 28.1 Å². The predicted octanol–water partition coefficient (Wildman–Crippen LogP) is 4.13. The van der Waals surface area contributed by atoms with E-state index in [4.69, 9.17) is 4.42 Å². The number of hydrogen-bond donors (Lipinski definition) is 0. The van der Waals surface area contributed by atoms with Gasteiger partial charge in [0.05, 0.1) is 17.0 Å². The van der Waals surface area contributed by atoms with E-state index in [1.807, 2.05) is 31.2 Å². The van der Waals surface area contributed by atoms with Gasteiger partial charge in [-0.1, -0.05) is 43.7 Å². The molecule has 2 aromatic carbocycles. The second-order valence-electron chi connectivity index (χ2n) is 7.65. The lowest BCUT2D eigenvalue weighted by molar-refractivity contribution is 0.0708. The summed E-state index contributed by atoms with van der Waals surface area (Å²) in [5, 5.41) is 0.157. The van der Waals surface area contributed by atoms with Gasteiger partial charge >= 0.3 is 0 Å². The summed E-state index contributed by atoms with van der Waals surface area (Å²) in [4.78, 5) is 30.6. The van der Waals surface area contributed by atoms with Crippen molar-refractivity contribution in [2.75, 3.05) is 26.2 Å². The first kappa shape index (κ1) is 20.3. The number of hydrogen-bond acceptors (Lipinski definition) is 4. The van der Waals surface area contributed by atoms with E-state index >= 15 is 0 Å². The molecule has 2 heterocycles. The molecule has 0 saturated carbocycles. The zero-order valence-corrected chi connectivity index (χ0v) is 17.4. The maximum Gasteiger partial charge on any atom is 0.290 e. The molecule has 0 aliphatic carbocycles. The molecule has 0 N–H and O–H groups in total. The Kier molecular flexibility index (Phi) is 5.43. The first-order valence-electron chi connectivity index (χ1n) is 10.3. The molecule has 1 atom stereocenters. The molecule has 0 spiro atoms. The number of benzene rings is 2. The number of nitrogens with zero attached hydrogens (tertiary/aromatic N) is 2. The van der Waals surface area contributed by atoms with Gasteiger partial charge in [0.2, 0.25) is 5.76 Å². The van der Waals surface area contributed by atoms with Crippen LogP contribution in [0.2, 0.25) is 0 Å². The first-order valence-corrected chi connectivity index (χ1v) is 10.3. The average Bonchev–Trinajstić information content (AvgIpc) is 3.02. The van der Waals surface area contributed by atoms with Crippen LogP contribution in [-0.2, 0) is 0 Å². The summed E-state index contributed by atoms with van der Waals surface area (Å²) in [7, 11) is 0. The van der Waals surface area contributed by atoms with Crippen molar-refractivity contribution in [3.05, 3.63) is 81.0 Å². The third-order valence-electron chi connectivity index (χ3n) is 5.87. The molecule has 30 heavy (non-hydrogen) atoms. The Morgan fingerprint density at radius 1 is 1.07 bits per heavy atom. The van der Waals surface area contributed by atoms with Crippen molar-refractivity contribution in [2.24, 2.45) is 0 Å². The fraction of sp³-hybridized carbons (Fsp3) is 0.333. The second kappa shape index (κ2) is 8.03. The standard InChI is InChI=1S/C24H25FN2O3/c1-4-26(5-2)12-13-27-21(16-8-6-15(3)7-9-16)20-22(28)18-14-17(25)10-11-19(18)30-23(20)24(27)29/h6-11,14,21H,4-5,12-13H2,1-3H3/t21-/m0/s1. The van der Waals surface area contributed by atoms with E-state index < -0.39 is 11.9 Å². The molecule has 3 aromatic rings. The lowest BCUT2D eigenvalue weighted by Gasteiger charge is -2.28. The predicted molar refractivity (Wildman–Crippen MR) is 114 cm³/mol. The van der Waals surface area contributed by atoms with E-state index in [0.29, 0.717) is 18.7 Å². The quantitative estimate of drug-likeness (QED) is 0.616. The maximum atomic E-state index is 13.8. The van der Waals surface area contributed by atoms with Gasteiger partial charge in [-0.05, 0) is 43.8 Å². The monoisotopic (exact) mass is 408 g/mol. The van der Waals surface area contributed by atoms with Crippen LogP contribution in [0.4, 0.5) is 4.39 Å². The molecule has 0 fully saturated rings. The fourth-order valence-electron chi connectivity index (χ4n) is 4.11. The minimum atomic E-state index is -0.549. The van der Waals surface area contributed by atoms with Gasteiger partial charge in [-0.2, -0.15) is 0 Å². The van der Waals surface area contributed by atoms with Gasteiger partial charge in [-0.3, -0.25) is 9.59 Å². The minimum absolute atomic E-state index is 0.0595. The van der Waals surface area contributed by atoms with Crippen LogP contribution in [0.5, 0.6) is 0 Å². The van der Waals surface area contributed by atoms with E-state index in [2.05, 4.69) is 18.7 Å². The second-order valence-corrected chi connectivity index (χ2v) is 7.65. The SMILES string of the molecule is CCN(CC)CCN1C(=O)c2oc3ccc(F)cc3c(=O)c2[C@@H]1c1ccc(C)cc1. The molecule has 5 nitrogen and oxygen atoms in total. The van der Waals surface area contributed by atoms with Crippen molar-refractivity contribution in [1.29, 1.82) is 0 Å². The Bertz CT molecular complexity index is 1150. The Hall–Kier alpha value is -2.99. The van der Waals surface area contributed by atoms with Gasteiger partial charge in [0, 0.05) is 13.1 Å². The molecule has 6 heteroatoms. The molecule has 0 unspecified atom stereocenters. The number of carbonyl (C=O) groups excluding carboxylic acids is 1. The highest BCUT2D eigenvalue weighted by Gasteiger charge is 2.42. The molecule has 0 radical (unpaired) electrons. The zero-order valence-electron chi connectivity index (χ0n) is 17.4. The Morgan fingerprint density at radius 3 is 2.43 bits per heavy atom. The van der Waals surface area contributed by atoms with Crippen LogP contribution < -0.4 is 5.43 Å². The number of aryl methyl sites for hydroxylation is 1. The number of amides is 1. The molecule has 0 saturated heterocycles. The normalized spacial score (nSPS) is 16.0. The molecular formula is C24H25FN2O3. The number of fused-ring (bicyclic) bond motifs is 2. The van der Waals surface area contributed by atoms with Gasteiger partial charge < -0.3 is 14.2 Å². The van der Waals surface area contributed by atoms with Crippen molar-refractivity contribution in [2.45, 2.75) is 26.8 Å². The van der Waals surface area contributed by atoms with Gasteiger partial charge in [0.15, 0.2) is 5.43 Å². The van der Waals surface area contributed by atoms with Crippen LogP contribution >= 0.6 is 0 Å². The van der Waals surface area contributed by atoms with Crippen LogP contribution in [0.3, 0.4) is 0 Å². The van der Waals surface area contributed by atoms with E-state index in [1.165, 1.54) is 18.2 Å². The summed E-state index contributed by atoms with van der Waals surface area (Å²) in [6.45, 7) is 9.05. The summed E-state index contributed by atoms with van der Waals surface area (Å²) in [6.07, 6.45) is 0. The van der Waals surface area contributed by atoms with Crippen molar-refractivity contribution in [3.63, 3.8) is 0 Å². The summed E-state index contributed by atoms with van der Waals surface area (Å²) >= 11 is 0. The van der Waals surface area contributed by atoms with Gasteiger partial charge in [0.1, 0.15) is 11.4 Å². The van der Waals surface area contributed by atoms with Crippen molar-refractivity contribution in [1.82, 2.24) is 9.80 Å². The lowest BCUT2D eigenvalue weighted by Crippen LogP contribution is -2.37.